The molecule has 0 saturated carbocycles. The summed E-state index contributed by atoms with van der Waals surface area (Å²) in [5, 5.41) is 4.25. The van der Waals surface area contributed by atoms with Gasteiger partial charge in [-0.3, -0.25) is 10.5 Å². The Kier molecular flexibility index (Phi) is 4.17. The highest BCUT2D eigenvalue weighted by molar-refractivity contribution is 5.15. The van der Waals surface area contributed by atoms with E-state index in [2.05, 4.69) is 24.4 Å². The molecule has 0 saturated heterocycles. The quantitative estimate of drug-likeness (QED) is 0.604. The minimum absolute atomic E-state index is 0.0141. The fourth-order valence-electron chi connectivity index (χ4n) is 1.93. The molecule has 18 heavy (non-hydrogen) atoms. The van der Waals surface area contributed by atoms with Gasteiger partial charge in [-0.15, -0.1) is 0 Å². The van der Waals surface area contributed by atoms with Crippen LogP contribution >= 0.6 is 0 Å². The second kappa shape index (κ2) is 5.84. The number of hydrogen-bond donors (Lipinski definition) is 2. The third-order valence-corrected chi connectivity index (χ3v) is 3.03. The normalized spacial score (nSPS) is 12.8. The van der Waals surface area contributed by atoms with Crippen LogP contribution in [-0.4, -0.2) is 9.78 Å². The number of nitrogens with one attached hydrogen (secondary N) is 1. The number of hydrazine groups is 1. The number of nitrogens with two attached hydrogens (primary N) is 1. The first-order valence-electron chi connectivity index (χ1n) is 6.32. The van der Waals surface area contributed by atoms with Crippen LogP contribution in [0.15, 0.2) is 28.9 Å². The van der Waals surface area contributed by atoms with E-state index in [4.69, 9.17) is 10.3 Å². The lowest BCUT2D eigenvalue weighted by Crippen LogP contribution is -2.29. The van der Waals surface area contributed by atoms with Crippen LogP contribution in [0.4, 0.5) is 0 Å². The Labute approximate surface area is 107 Å². The molecule has 1 unspecified atom stereocenters. The molecule has 0 aliphatic rings. The highest BCUT2D eigenvalue weighted by Gasteiger charge is 2.15. The van der Waals surface area contributed by atoms with Gasteiger partial charge in [-0.25, -0.2) is 5.43 Å². The number of rotatable bonds is 6. The van der Waals surface area contributed by atoms with Crippen molar-refractivity contribution in [2.24, 2.45) is 5.84 Å². The molecule has 0 bridgehead atoms. The maximum atomic E-state index is 5.72. The Bertz CT molecular complexity index is 489. The van der Waals surface area contributed by atoms with Gasteiger partial charge in [0.2, 0.25) is 0 Å². The molecule has 2 rings (SSSR count). The van der Waals surface area contributed by atoms with Gasteiger partial charge in [0.15, 0.2) is 0 Å². The highest BCUT2D eigenvalue weighted by atomic mass is 16.3. The SMILES string of the molecule is CCc1ccc(C(Cc2cnn(CC)c2)NN)o1. The zero-order valence-corrected chi connectivity index (χ0v) is 10.9. The Hall–Kier alpha value is -1.59. The molecule has 2 aromatic heterocycles. The van der Waals surface area contributed by atoms with E-state index < -0.39 is 0 Å². The zero-order chi connectivity index (χ0) is 13.0. The van der Waals surface area contributed by atoms with Crippen molar-refractivity contribution in [3.63, 3.8) is 0 Å². The molecule has 0 aromatic carbocycles. The van der Waals surface area contributed by atoms with Gasteiger partial charge >= 0.3 is 0 Å². The van der Waals surface area contributed by atoms with Crippen LogP contribution in [0, 0.1) is 0 Å². The number of nitrogens with zero attached hydrogens (tertiary/aromatic N) is 2. The van der Waals surface area contributed by atoms with Crippen LogP contribution in [0.5, 0.6) is 0 Å². The van der Waals surface area contributed by atoms with Crippen molar-refractivity contribution in [3.05, 3.63) is 41.6 Å². The second-order valence-corrected chi connectivity index (χ2v) is 4.29. The first kappa shape index (κ1) is 12.9. The fraction of sp³-hybridized carbons (Fsp3) is 0.462. The standard InChI is InChI=1S/C13H20N4O/c1-3-11-5-6-13(18-11)12(16-14)7-10-8-15-17(4-2)9-10/h5-6,8-9,12,16H,3-4,7,14H2,1-2H3. The number of furan rings is 1. The van der Waals surface area contributed by atoms with Crippen molar-refractivity contribution in [2.45, 2.75) is 39.3 Å². The Morgan fingerprint density at radius 1 is 1.44 bits per heavy atom. The summed E-state index contributed by atoms with van der Waals surface area (Å²) in [6, 6.07) is 3.96. The summed E-state index contributed by atoms with van der Waals surface area (Å²) in [5.74, 6) is 7.46. The molecule has 0 spiro atoms. The molecule has 0 aliphatic carbocycles. The minimum Gasteiger partial charge on any atom is -0.464 e. The molecule has 2 aromatic rings. The molecule has 3 N–H and O–H groups in total. The predicted molar refractivity (Wildman–Crippen MR) is 69.8 cm³/mol. The van der Waals surface area contributed by atoms with E-state index in [0.717, 1.165) is 36.5 Å². The fourth-order valence-corrected chi connectivity index (χ4v) is 1.93. The summed E-state index contributed by atoms with van der Waals surface area (Å²) in [7, 11) is 0. The molecule has 5 nitrogen and oxygen atoms in total. The smallest absolute Gasteiger partial charge is 0.122 e. The molecule has 98 valence electrons. The third kappa shape index (κ3) is 2.80. The maximum absolute atomic E-state index is 5.72. The molecular weight excluding hydrogens is 228 g/mol. The van der Waals surface area contributed by atoms with Crippen molar-refractivity contribution in [2.75, 3.05) is 0 Å². The van der Waals surface area contributed by atoms with Crippen LogP contribution in [-0.2, 0) is 19.4 Å². The maximum Gasteiger partial charge on any atom is 0.122 e. The predicted octanol–water partition coefficient (Wildman–Crippen LogP) is 1.81. The van der Waals surface area contributed by atoms with E-state index in [9.17, 15) is 0 Å². The molecule has 2 heterocycles. The van der Waals surface area contributed by atoms with Gasteiger partial charge in [0.1, 0.15) is 11.5 Å². The molecular formula is C13H20N4O. The molecule has 0 fully saturated rings. The van der Waals surface area contributed by atoms with Gasteiger partial charge in [-0.1, -0.05) is 6.92 Å². The monoisotopic (exact) mass is 248 g/mol. The molecule has 5 heteroatoms. The Morgan fingerprint density at radius 3 is 2.83 bits per heavy atom. The number of aryl methyl sites for hydroxylation is 2. The van der Waals surface area contributed by atoms with Crippen LogP contribution in [0.2, 0.25) is 0 Å². The average molecular weight is 248 g/mol. The average Bonchev–Trinajstić information content (AvgIpc) is 3.04. The topological polar surface area (TPSA) is 69.0 Å². The van der Waals surface area contributed by atoms with Crippen LogP contribution in [0.25, 0.3) is 0 Å². The highest BCUT2D eigenvalue weighted by Crippen LogP contribution is 2.20. The summed E-state index contributed by atoms with van der Waals surface area (Å²) >= 11 is 0. The van der Waals surface area contributed by atoms with E-state index in [1.165, 1.54) is 0 Å². The molecule has 1 atom stereocenters. The Morgan fingerprint density at radius 2 is 2.28 bits per heavy atom. The van der Waals surface area contributed by atoms with Gasteiger partial charge in [-0.2, -0.15) is 5.10 Å². The van der Waals surface area contributed by atoms with Gasteiger partial charge in [-0.05, 0) is 31.0 Å². The van der Waals surface area contributed by atoms with E-state index in [0.29, 0.717) is 0 Å². The van der Waals surface area contributed by atoms with Crippen molar-refractivity contribution in [1.82, 2.24) is 15.2 Å². The van der Waals surface area contributed by atoms with E-state index in [1.807, 2.05) is 29.2 Å². The lowest BCUT2D eigenvalue weighted by molar-refractivity contribution is 0.396. The second-order valence-electron chi connectivity index (χ2n) is 4.29. The summed E-state index contributed by atoms with van der Waals surface area (Å²) in [4.78, 5) is 0. The van der Waals surface area contributed by atoms with Gasteiger partial charge < -0.3 is 4.42 Å². The Balaban J connectivity index is 2.08. The summed E-state index contributed by atoms with van der Waals surface area (Å²) < 4.78 is 7.63. The van der Waals surface area contributed by atoms with Crippen molar-refractivity contribution in [1.29, 1.82) is 0 Å². The number of hydrogen-bond acceptors (Lipinski definition) is 4. The summed E-state index contributed by atoms with van der Waals surface area (Å²) in [6.45, 7) is 5.01. The molecule has 0 amide bonds. The van der Waals surface area contributed by atoms with Crippen molar-refractivity contribution < 1.29 is 4.42 Å². The number of aromatic nitrogens is 2. The van der Waals surface area contributed by atoms with Gasteiger partial charge in [0, 0.05) is 19.2 Å². The van der Waals surface area contributed by atoms with Crippen LogP contribution in [0.3, 0.4) is 0 Å². The van der Waals surface area contributed by atoms with E-state index in [-0.39, 0.29) is 6.04 Å². The minimum atomic E-state index is -0.0141. The first-order valence-corrected chi connectivity index (χ1v) is 6.32. The van der Waals surface area contributed by atoms with Crippen LogP contribution in [0.1, 0.15) is 37.0 Å². The zero-order valence-electron chi connectivity index (χ0n) is 10.9. The lowest BCUT2D eigenvalue weighted by atomic mass is 10.1. The van der Waals surface area contributed by atoms with E-state index >= 15 is 0 Å². The van der Waals surface area contributed by atoms with Crippen molar-refractivity contribution in [3.8, 4) is 0 Å². The van der Waals surface area contributed by atoms with E-state index in [1.54, 1.807) is 0 Å². The van der Waals surface area contributed by atoms with Crippen molar-refractivity contribution >= 4 is 0 Å². The largest absolute Gasteiger partial charge is 0.464 e. The third-order valence-electron chi connectivity index (χ3n) is 3.03. The van der Waals surface area contributed by atoms with Crippen LogP contribution < -0.4 is 11.3 Å². The van der Waals surface area contributed by atoms with Gasteiger partial charge in [0.25, 0.3) is 0 Å². The summed E-state index contributed by atoms with van der Waals surface area (Å²) in [6.07, 6.45) is 5.57. The lowest BCUT2D eigenvalue weighted by Gasteiger charge is -2.11. The van der Waals surface area contributed by atoms with Gasteiger partial charge in [0.05, 0.1) is 12.2 Å². The molecule has 0 radical (unpaired) electrons. The summed E-state index contributed by atoms with van der Waals surface area (Å²) in [5.41, 5.74) is 3.95. The first-order chi connectivity index (χ1) is 8.76. The molecule has 0 aliphatic heterocycles.